The highest BCUT2D eigenvalue weighted by Crippen LogP contribution is 2.33. The first kappa shape index (κ1) is 16.3. The number of hydrogen-bond donors (Lipinski definition) is 2. The highest BCUT2D eigenvalue weighted by molar-refractivity contribution is 5.73. The van der Waals surface area contributed by atoms with Gasteiger partial charge in [-0.3, -0.25) is 0 Å². The summed E-state index contributed by atoms with van der Waals surface area (Å²) in [7, 11) is 1.18. The minimum Gasteiger partial charge on any atom is -0.595 e. The second-order valence-electron chi connectivity index (χ2n) is 4.33. The lowest BCUT2D eigenvalue weighted by molar-refractivity contribution is -0.992. The van der Waals surface area contributed by atoms with Crippen molar-refractivity contribution in [3.05, 3.63) is 56.3 Å². The molecule has 0 spiro atoms. The van der Waals surface area contributed by atoms with Gasteiger partial charge in [0, 0.05) is 17.4 Å². The van der Waals surface area contributed by atoms with Crippen molar-refractivity contribution in [2.45, 2.75) is 0 Å². The van der Waals surface area contributed by atoms with Crippen molar-refractivity contribution in [3.8, 4) is 0 Å². The Hall–Kier alpha value is -3.08. The molecule has 2 aromatic rings. The van der Waals surface area contributed by atoms with E-state index in [-0.39, 0.29) is 22.7 Å². The fraction of sp³-hybridized carbons (Fsp3) is 0.0769. The van der Waals surface area contributed by atoms with Gasteiger partial charge in [-0.15, -0.1) is 14.7 Å². The van der Waals surface area contributed by atoms with Crippen LogP contribution in [0.2, 0.25) is 0 Å². The first-order valence-electron chi connectivity index (χ1n) is 6.26. The number of hydrogen-bond acceptors (Lipinski definition) is 9. The van der Waals surface area contributed by atoms with E-state index in [9.17, 15) is 19.9 Å². The monoisotopic (exact) mass is 317 g/mol. The lowest BCUT2D eigenvalue weighted by Gasteiger charge is -2.18. The van der Waals surface area contributed by atoms with E-state index >= 15 is 0 Å². The molecule has 2 N–H and O–H groups in total. The van der Waals surface area contributed by atoms with Crippen molar-refractivity contribution in [2.75, 3.05) is 12.4 Å². The van der Waals surface area contributed by atoms with Gasteiger partial charge >= 0.3 is 0 Å². The lowest BCUT2D eigenvalue weighted by atomic mass is 10.2. The van der Waals surface area contributed by atoms with Gasteiger partial charge in [0.15, 0.2) is 11.4 Å². The maximum absolute atomic E-state index is 11.6. The number of benzene rings is 2. The summed E-state index contributed by atoms with van der Waals surface area (Å²) >= 11 is 0. The van der Waals surface area contributed by atoms with Crippen LogP contribution in [-0.2, 0) is 4.84 Å². The van der Waals surface area contributed by atoms with Crippen LogP contribution in [-0.4, -0.2) is 7.11 Å². The molecule has 1 unspecified atom stereocenters. The van der Waals surface area contributed by atoms with Crippen LogP contribution >= 0.6 is 0 Å². The largest absolute Gasteiger partial charge is 0.595 e. The predicted octanol–water partition coefficient (Wildman–Crippen LogP) is 3.20. The van der Waals surface area contributed by atoms with Crippen LogP contribution < -0.4 is 10.5 Å². The highest BCUT2D eigenvalue weighted by atomic mass is 16.9. The van der Waals surface area contributed by atoms with Crippen molar-refractivity contribution in [3.63, 3.8) is 0 Å². The second kappa shape index (κ2) is 7.26. The van der Waals surface area contributed by atoms with Gasteiger partial charge in [0.2, 0.25) is 0 Å². The van der Waals surface area contributed by atoms with E-state index in [0.717, 1.165) is 0 Å². The van der Waals surface area contributed by atoms with E-state index < -0.39 is 5.23 Å². The number of anilines is 2. The number of nitroso groups, excluding NO2 is 3. The number of quaternary nitrogens is 1. The minimum absolute atomic E-state index is 0.00702. The van der Waals surface area contributed by atoms with Gasteiger partial charge in [0.1, 0.15) is 11.4 Å². The average Bonchev–Trinajstić information content (AvgIpc) is 2.60. The standard InChI is InChI=1S/C13H11N5O5/c1-23-18(22)13-7-9(3-5-11(13)16-20)14-8-2-4-10(15-19)12(6-8)17-21/h2-7,14,18H,1H3. The number of nitrogens with one attached hydrogen (secondary N) is 2. The zero-order valence-electron chi connectivity index (χ0n) is 11.8. The summed E-state index contributed by atoms with van der Waals surface area (Å²) in [5.74, 6) is 0. The maximum atomic E-state index is 11.6. The Labute approximate surface area is 129 Å². The van der Waals surface area contributed by atoms with Gasteiger partial charge in [-0.2, -0.15) is 5.23 Å². The summed E-state index contributed by atoms with van der Waals surface area (Å²) in [4.78, 5) is 36.5. The van der Waals surface area contributed by atoms with Gasteiger partial charge in [-0.1, -0.05) is 0 Å². The number of nitrogens with zero attached hydrogens (tertiary/aromatic N) is 3. The Kier molecular flexibility index (Phi) is 5.15. The SMILES string of the molecule is CO[NH+]([O-])c1cc(Nc2ccc(N=O)c(N=O)c2)ccc1N=O. The van der Waals surface area contributed by atoms with Gasteiger partial charge < -0.3 is 10.5 Å². The maximum Gasteiger partial charge on any atom is 0.195 e. The van der Waals surface area contributed by atoms with Crippen LogP contribution in [0.4, 0.5) is 34.1 Å². The molecule has 0 heterocycles. The molecule has 0 aliphatic rings. The first-order valence-corrected chi connectivity index (χ1v) is 6.26. The van der Waals surface area contributed by atoms with Crippen LogP contribution in [0.15, 0.2) is 51.9 Å². The van der Waals surface area contributed by atoms with Crippen molar-refractivity contribution in [1.82, 2.24) is 0 Å². The van der Waals surface area contributed by atoms with E-state index in [1.807, 2.05) is 0 Å². The Morgan fingerprint density at radius 2 is 1.48 bits per heavy atom. The second-order valence-corrected chi connectivity index (χ2v) is 4.33. The molecular weight excluding hydrogens is 306 g/mol. The minimum atomic E-state index is -0.709. The Bertz CT molecular complexity index is 752. The Morgan fingerprint density at radius 1 is 0.913 bits per heavy atom. The van der Waals surface area contributed by atoms with E-state index in [4.69, 9.17) is 0 Å². The van der Waals surface area contributed by atoms with E-state index in [1.54, 1.807) is 0 Å². The molecule has 0 fully saturated rings. The molecule has 1 atom stereocenters. The van der Waals surface area contributed by atoms with Crippen molar-refractivity contribution >= 4 is 34.1 Å². The van der Waals surface area contributed by atoms with Gasteiger partial charge in [-0.25, -0.2) is 4.84 Å². The first-order chi connectivity index (χ1) is 11.1. The van der Waals surface area contributed by atoms with E-state index in [2.05, 4.69) is 25.7 Å². The molecule has 0 aliphatic heterocycles. The topological polar surface area (TPSA) is 137 Å². The van der Waals surface area contributed by atoms with Gasteiger partial charge in [0.05, 0.1) is 7.11 Å². The summed E-state index contributed by atoms with van der Waals surface area (Å²) < 4.78 is 0. The fourth-order valence-corrected chi connectivity index (χ4v) is 1.89. The molecule has 0 aromatic heterocycles. The third-order valence-corrected chi connectivity index (χ3v) is 2.96. The fourth-order valence-electron chi connectivity index (χ4n) is 1.89. The molecule has 0 saturated carbocycles. The third-order valence-electron chi connectivity index (χ3n) is 2.96. The highest BCUT2D eigenvalue weighted by Gasteiger charge is 2.13. The molecule has 10 nitrogen and oxygen atoms in total. The van der Waals surface area contributed by atoms with Gasteiger partial charge in [-0.05, 0) is 45.9 Å². The summed E-state index contributed by atoms with van der Waals surface area (Å²) in [6.07, 6.45) is 0. The molecule has 118 valence electrons. The zero-order valence-corrected chi connectivity index (χ0v) is 11.8. The van der Waals surface area contributed by atoms with Gasteiger partial charge in [0.25, 0.3) is 0 Å². The smallest absolute Gasteiger partial charge is 0.195 e. The van der Waals surface area contributed by atoms with Crippen LogP contribution in [0.5, 0.6) is 0 Å². The van der Waals surface area contributed by atoms with Crippen LogP contribution in [0, 0.1) is 19.9 Å². The van der Waals surface area contributed by atoms with Crippen LogP contribution in [0.1, 0.15) is 0 Å². The molecule has 0 aliphatic carbocycles. The Balaban J connectivity index is 2.35. The molecule has 10 heteroatoms. The average molecular weight is 317 g/mol. The van der Waals surface area contributed by atoms with Crippen molar-refractivity contribution in [1.29, 1.82) is 0 Å². The molecule has 2 rings (SSSR count). The molecule has 23 heavy (non-hydrogen) atoms. The van der Waals surface area contributed by atoms with Crippen LogP contribution in [0.25, 0.3) is 0 Å². The molecular formula is C13H11N5O5. The summed E-state index contributed by atoms with van der Waals surface area (Å²) in [5.41, 5.74) is 0.618. The van der Waals surface area contributed by atoms with Crippen molar-refractivity contribution in [2.24, 2.45) is 15.5 Å². The normalized spacial score (nSPS) is 11.6. The molecule has 0 amide bonds. The summed E-state index contributed by atoms with van der Waals surface area (Å²) in [6.45, 7) is 0. The molecule has 0 bridgehead atoms. The van der Waals surface area contributed by atoms with E-state index in [1.165, 1.54) is 43.5 Å². The lowest BCUT2D eigenvalue weighted by Crippen LogP contribution is -3.00. The summed E-state index contributed by atoms with van der Waals surface area (Å²) in [6, 6.07) is 8.41. The molecule has 2 aromatic carbocycles. The summed E-state index contributed by atoms with van der Waals surface area (Å²) in [5, 5.41) is 22.0. The van der Waals surface area contributed by atoms with Crippen molar-refractivity contribution < 1.29 is 10.1 Å². The third kappa shape index (κ3) is 3.58. The quantitative estimate of drug-likeness (QED) is 0.594. The van der Waals surface area contributed by atoms with Crippen LogP contribution in [0.3, 0.4) is 0 Å². The van der Waals surface area contributed by atoms with E-state index in [0.29, 0.717) is 11.4 Å². The number of rotatable bonds is 7. The zero-order chi connectivity index (χ0) is 16.8. The Morgan fingerprint density at radius 3 is 2.04 bits per heavy atom. The predicted molar refractivity (Wildman–Crippen MR) is 83.5 cm³/mol. The molecule has 0 radical (unpaired) electrons. The molecule has 0 saturated heterocycles.